The number of hydrogen-bond acceptors (Lipinski definition) is 6. The Hall–Kier alpha value is -4.03. The molecule has 0 saturated carbocycles. The van der Waals surface area contributed by atoms with Crippen LogP contribution in [0.25, 0.3) is 22.0 Å². The van der Waals surface area contributed by atoms with Gasteiger partial charge in [-0.1, -0.05) is 36.4 Å². The van der Waals surface area contributed by atoms with Gasteiger partial charge in [-0.2, -0.15) is 17.5 Å². The molecule has 0 spiro atoms. The van der Waals surface area contributed by atoms with Crippen molar-refractivity contribution in [1.82, 2.24) is 14.5 Å². The van der Waals surface area contributed by atoms with Gasteiger partial charge in [0.1, 0.15) is 0 Å². The Balaban J connectivity index is 1.14. The lowest BCUT2D eigenvalue weighted by atomic mass is 10.1. The quantitative estimate of drug-likeness (QED) is 0.349. The molecule has 8 nitrogen and oxygen atoms in total. The summed E-state index contributed by atoms with van der Waals surface area (Å²) in [4.78, 5) is 14.6. The molecule has 4 aromatic rings. The van der Waals surface area contributed by atoms with Crippen molar-refractivity contribution in [2.45, 2.75) is 30.5 Å². The van der Waals surface area contributed by atoms with Crippen LogP contribution in [0.3, 0.4) is 0 Å². The van der Waals surface area contributed by atoms with Crippen LogP contribution >= 0.6 is 0 Å². The summed E-state index contributed by atoms with van der Waals surface area (Å²) in [6.45, 7) is 2.73. The number of piperazine rings is 1. The van der Waals surface area contributed by atoms with Crippen molar-refractivity contribution in [1.29, 1.82) is 0 Å². The molecule has 12 heteroatoms. The van der Waals surface area contributed by atoms with Gasteiger partial charge in [-0.25, -0.2) is 8.42 Å². The third kappa shape index (κ3) is 5.02. The summed E-state index contributed by atoms with van der Waals surface area (Å²) < 4.78 is 67.4. The van der Waals surface area contributed by atoms with Crippen molar-refractivity contribution in [2.24, 2.45) is 0 Å². The number of halogens is 3. The highest BCUT2D eigenvalue weighted by atomic mass is 32.2. The van der Waals surface area contributed by atoms with Crippen molar-refractivity contribution in [2.75, 3.05) is 36.0 Å². The number of rotatable bonds is 4. The van der Waals surface area contributed by atoms with Crippen LogP contribution in [0, 0.1) is 0 Å². The number of fused-ring (bicyclic) bond motifs is 2. The number of hydrogen-bond donors (Lipinski definition) is 0. The van der Waals surface area contributed by atoms with Gasteiger partial charge in [-0.15, -0.1) is 10.2 Å². The first kappa shape index (κ1) is 27.2. The Kier molecular flexibility index (Phi) is 6.69. The molecule has 1 aromatic heterocycles. The predicted octanol–water partition coefficient (Wildman–Crippen LogP) is 4.65. The van der Waals surface area contributed by atoms with E-state index in [1.54, 1.807) is 0 Å². The van der Waals surface area contributed by atoms with Gasteiger partial charge < -0.3 is 9.80 Å². The number of amides is 1. The zero-order chi connectivity index (χ0) is 28.9. The predicted molar refractivity (Wildman–Crippen MR) is 149 cm³/mol. The van der Waals surface area contributed by atoms with Crippen LogP contribution in [-0.2, 0) is 21.2 Å². The molecule has 0 bridgehead atoms. The molecule has 3 heterocycles. The number of aromatic nitrogens is 2. The highest BCUT2D eigenvalue weighted by molar-refractivity contribution is 7.89. The van der Waals surface area contributed by atoms with Crippen LogP contribution in [0.1, 0.15) is 12.5 Å². The number of benzene rings is 3. The molecule has 212 valence electrons. The maximum atomic E-state index is 13.4. The molecule has 2 aliphatic heterocycles. The Bertz CT molecular complexity index is 1740. The van der Waals surface area contributed by atoms with Crippen LogP contribution in [-0.4, -0.2) is 67.2 Å². The summed E-state index contributed by atoms with van der Waals surface area (Å²) in [5, 5.41) is 11.0. The normalized spacial score (nSPS) is 18.1. The molecular weight excluding hydrogens is 555 g/mol. The molecule has 1 atom stereocenters. The minimum absolute atomic E-state index is 0.00210. The zero-order valence-corrected chi connectivity index (χ0v) is 22.9. The lowest BCUT2D eigenvalue weighted by molar-refractivity contribution is -0.170. The molecule has 2 aliphatic rings. The third-order valence-corrected chi connectivity index (χ3v) is 9.52. The van der Waals surface area contributed by atoms with Gasteiger partial charge in [0, 0.05) is 43.5 Å². The fraction of sp³-hybridized carbons (Fsp3) is 0.276. The van der Waals surface area contributed by atoms with Gasteiger partial charge in [0.25, 0.3) is 0 Å². The highest BCUT2D eigenvalue weighted by Gasteiger charge is 2.47. The van der Waals surface area contributed by atoms with Crippen LogP contribution in [0.5, 0.6) is 0 Å². The number of anilines is 2. The lowest BCUT2D eigenvalue weighted by Crippen LogP contribution is -2.49. The Morgan fingerprint density at radius 1 is 0.878 bits per heavy atom. The minimum atomic E-state index is -5.01. The maximum Gasteiger partial charge on any atom is 0.471 e. The molecule has 1 amide bonds. The Morgan fingerprint density at radius 2 is 1.61 bits per heavy atom. The Labute approximate surface area is 235 Å². The van der Waals surface area contributed by atoms with Gasteiger partial charge >= 0.3 is 12.1 Å². The van der Waals surface area contributed by atoms with Gasteiger partial charge in [0.05, 0.1) is 10.6 Å². The van der Waals surface area contributed by atoms with Crippen molar-refractivity contribution in [3.8, 4) is 11.3 Å². The lowest BCUT2D eigenvalue weighted by Gasteiger charge is -2.34. The second kappa shape index (κ2) is 10.1. The largest absolute Gasteiger partial charge is 0.471 e. The van der Waals surface area contributed by atoms with E-state index in [2.05, 4.69) is 16.3 Å². The maximum absolute atomic E-state index is 13.4. The number of sulfonamides is 1. The number of nitrogens with zero attached hydrogens (tertiary/aromatic N) is 5. The molecule has 6 rings (SSSR count). The molecule has 1 saturated heterocycles. The summed E-state index contributed by atoms with van der Waals surface area (Å²) >= 11 is 0. The Morgan fingerprint density at radius 3 is 2.29 bits per heavy atom. The SMILES string of the molecule is CC1Cc2cc(S(=O)(=O)N3CCN(c4ccc(-c5ccc6ccccc6c5)nn4)CC3)ccc2N1C(=O)C(F)(F)F. The van der Waals surface area contributed by atoms with E-state index in [4.69, 9.17) is 0 Å². The van der Waals surface area contributed by atoms with Crippen LogP contribution in [0.4, 0.5) is 24.7 Å². The summed E-state index contributed by atoms with van der Waals surface area (Å²) in [5.41, 5.74) is 2.18. The molecule has 41 heavy (non-hydrogen) atoms. The van der Waals surface area contributed by atoms with Gasteiger partial charge in [0.2, 0.25) is 10.0 Å². The molecule has 0 radical (unpaired) electrons. The topological polar surface area (TPSA) is 86.7 Å². The molecule has 1 fully saturated rings. The molecule has 0 aliphatic carbocycles. The smallest absolute Gasteiger partial charge is 0.352 e. The second-order valence-electron chi connectivity index (χ2n) is 10.2. The average Bonchev–Trinajstić information content (AvgIpc) is 3.30. The van der Waals surface area contributed by atoms with Crippen LogP contribution in [0.15, 0.2) is 77.7 Å². The first-order chi connectivity index (χ1) is 19.5. The molecule has 1 unspecified atom stereocenters. The van der Waals surface area contributed by atoms with E-state index in [1.165, 1.54) is 29.4 Å². The van der Waals surface area contributed by atoms with E-state index in [9.17, 15) is 26.4 Å². The van der Waals surface area contributed by atoms with Crippen LogP contribution in [0.2, 0.25) is 0 Å². The van der Waals surface area contributed by atoms with E-state index >= 15 is 0 Å². The average molecular weight is 582 g/mol. The van der Waals surface area contributed by atoms with E-state index in [0.29, 0.717) is 29.4 Å². The van der Waals surface area contributed by atoms with Crippen molar-refractivity contribution in [3.63, 3.8) is 0 Å². The van der Waals surface area contributed by atoms with Gasteiger partial charge in [-0.05, 0) is 66.1 Å². The number of alkyl halides is 3. The van der Waals surface area contributed by atoms with Crippen molar-refractivity contribution < 1.29 is 26.4 Å². The van der Waals surface area contributed by atoms with Gasteiger partial charge in [-0.3, -0.25) is 4.79 Å². The van der Waals surface area contributed by atoms with E-state index < -0.39 is 28.1 Å². The first-order valence-electron chi connectivity index (χ1n) is 13.1. The van der Waals surface area contributed by atoms with Crippen LogP contribution < -0.4 is 9.80 Å². The molecular formula is C29H26F3N5O3S. The van der Waals surface area contributed by atoms with Crippen molar-refractivity contribution in [3.05, 3.63) is 78.4 Å². The third-order valence-electron chi connectivity index (χ3n) is 7.62. The van der Waals surface area contributed by atoms with Gasteiger partial charge in [0.15, 0.2) is 5.82 Å². The fourth-order valence-corrected chi connectivity index (χ4v) is 6.99. The van der Waals surface area contributed by atoms with Crippen molar-refractivity contribution >= 4 is 38.2 Å². The van der Waals surface area contributed by atoms with E-state index in [-0.39, 0.29) is 30.1 Å². The summed E-state index contributed by atoms with van der Waals surface area (Å²) in [6, 6.07) is 21.2. The van der Waals surface area contributed by atoms with E-state index in [1.807, 2.05) is 53.4 Å². The molecule has 0 N–H and O–H groups in total. The zero-order valence-electron chi connectivity index (χ0n) is 22.0. The fourth-order valence-electron chi connectivity index (χ4n) is 5.52. The highest BCUT2D eigenvalue weighted by Crippen LogP contribution is 2.37. The monoisotopic (exact) mass is 581 g/mol. The molecule has 3 aromatic carbocycles. The van der Waals surface area contributed by atoms with E-state index in [0.717, 1.165) is 22.0 Å². The summed E-state index contributed by atoms with van der Waals surface area (Å²) in [7, 11) is -3.89. The number of carbonyl (C=O) groups is 1. The minimum Gasteiger partial charge on any atom is -0.352 e. The first-order valence-corrected chi connectivity index (χ1v) is 14.6. The standard InChI is InChI=1S/C29H26F3N5O3S/c1-19-16-23-18-24(8-10-26(23)37(19)28(38)29(30,31)32)41(39,40)36-14-12-35(13-15-36)27-11-9-25(33-34-27)22-7-6-20-4-2-3-5-21(20)17-22/h2-11,17-19H,12-16H2,1H3. The summed E-state index contributed by atoms with van der Waals surface area (Å²) in [5.74, 6) is -1.31. The number of carbonyl (C=O) groups excluding carboxylic acids is 1. The second-order valence-corrected chi connectivity index (χ2v) is 12.2. The summed E-state index contributed by atoms with van der Waals surface area (Å²) in [6.07, 6.45) is -4.87.